The molecule has 1 rings (SSSR count). The summed E-state index contributed by atoms with van der Waals surface area (Å²) in [6.45, 7) is 4.67. The minimum Gasteiger partial charge on any atom is -0.365 e. The van der Waals surface area contributed by atoms with Crippen LogP contribution in [-0.2, 0) is 0 Å². The van der Waals surface area contributed by atoms with Gasteiger partial charge in [0.25, 0.3) is 0 Å². The number of imidazole rings is 1. The van der Waals surface area contributed by atoms with Crippen LogP contribution >= 0.6 is 0 Å². The molecule has 1 aromatic rings. The van der Waals surface area contributed by atoms with Crippen LogP contribution < -0.4 is 0 Å². The van der Waals surface area contributed by atoms with Gasteiger partial charge in [0.2, 0.25) is 0 Å². The quantitative estimate of drug-likeness (QED) is 0.376. The second kappa shape index (κ2) is 11.3. The van der Waals surface area contributed by atoms with Gasteiger partial charge < -0.3 is 4.23 Å². The van der Waals surface area contributed by atoms with Crippen LogP contribution in [0, 0.1) is 0 Å². The Balaban J connectivity index is 1.83. The summed E-state index contributed by atoms with van der Waals surface area (Å²) < 4.78 is 2.32. The van der Waals surface area contributed by atoms with Crippen LogP contribution in [0.5, 0.6) is 0 Å². The van der Waals surface area contributed by atoms with E-state index >= 15 is 0 Å². The molecule has 0 aliphatic rings. The predicted octanol–water partition coefficient (Wildman–Crippen LogP) is 5.27. The van der Waals surface area contributed by atoms with Crippen molar-refractivity contribution in [2.75, 3.05) is 0 Å². The molecule has 19 heavy (non-hydrogen) atoms. The zero-order valence-corrected chi connectivity index (χ0v) is 13.9. The Hall–Kier alpha value is -0.573. The molecule has 0 unspecified atom stereocenters. The van der Waals surface area contributed by atoms with Gasteiger partial charge in [0.05, 0.1) is 6.33 Å². The molecule has 0 saturated heterocycles. The first kappa shape index (κ1) is 16.5. The van der Waals surface area contributed by atoms with Gasteiger partial charge in [-0.1, -0.05) is 77.7 Å². The number of aromatic nitrogens is 2. The first-order valence-corrected chi connectivity index (χ1v) is 10.3. The highest BCUT2D eigenvalue weighted by molar-refractivity contribution is 6.55. The van der Waals surface area contributed by atoms with Gasteiger partial charge in [-0.2, -0.15) is 0 Å². The molecule has 0 atom stereocenters. The van der Waals surface area contributed by atoms with Crippen molar-refractivity contribution in [3.8, 4) is 0 Å². The molecular formula is C16H31N2Si. The number of unbranched alkanes of at least 4 members (excludes halogenated alkanes) is 9. The van der Waals surface area contributed by atoms with Crippen LogP contribution in [0.3, 0.4) is 0 Å². The molecule has 0 amide bonds. The van der Waals surface area contributed by atoms with Gasteiger partial charge in [-0.05, 0) is 6.04 Å². The van der Waals surface area contributed by atoms with Gasteiger partial charge in [0, 0.05) is 12.4 Å². The van der Waals surface area contributed by atoms with Gasteiger partial charge in [-0.3, -0.25) is 0 Å². The fraction of sp³-hybridized carbons (Fsp3) is 0.812. The minimum absolute atomic E-state index is 0.377. The maximum absolute atomic E-state index is 4.13. The van der Waals surface area contributed by atoms with Crippen LogP contribution in [0.25, 0.3) is 0 Å². The Kier molecular flexibility index (Phi) is 9.78. The normalized spacial score (nSPS) is 11.3. The highest BCUT2D eigenvalue weighted by Crippen LogP contribution is 2.12. The second-order valence-corrected chi connectivity index (χ2v) is 8.12. The Morgan fingerprint density at radius 1 is 0.895 bits per heavy atom. The Labute approximate surface area is 121 Å². The third kappa shape index (κ3) is 8.25. The fourth-order valence-corrected chi connectivity index (χ4v) is 4.09. The Bertz CT molecular complexity index is 285. The van der Waals surface area contributed by atoms with Gasteiger partial charge in [-0.15, -0.1) is 0 Å². The summed E-state index contributed by atoms with van der Waals surface area (Å²) in [7, 11) is -0.377. The molecule has 0 aromatic carbocycles. The summed E-state index contributed by atoms with van der Waals surface area (Å²) >= 11 is 0. The lowest BCUT2D eigenvalue weighted by atomic mass is 10.1. The van der Waals surface area contributed by atoms with E-state index in [1.807, 2.05) is 12.5 Å². The zero-order valence-electron chi connectivity index (χ0n) is 12.9. The number of nitrogens with zero attached hydrogens (tertiary/aromatic N) is 2. The van der Waals surface area contributed by atoms with E-state index in [4.69, 9.17) is 0 Å². The van der Waals surface area contributed by atoms with Crippen LogP contribution in [0.15, 0.2) is 18.7 Å². The Morgan fingerprint density at radius 3 is 2.00 bits per heavy atom. The SMILES string of the molecule is CCCCCCCCCCCC[Si](C)n1ccnc1. The van der Waals surface area contributed by atoms with Gasteiger partial charge in [0.1, 0.15) is 0 Å². The van der Waals surface area contributed by atoms with Crippen LogP contribution in [-0.4, -0.2) is 18.2 Å². The second-order valence-electron chi connectivity index (χ2n) is 5.64. The summed E-state index contributed by atoms with van der Waals surface area (Å²) in [4.78, 5) is 4.13. The van der Waals surface area contributed by atoms with E-state index in [0.29, 0.717) is 0 Å². The molecule has 1 heterocycles. The van der Waals surface area contributed by atoms with E-state index in [-0.39, 0.29) is 8.96 Å². The highest BCUT2D eigenvalue weighted by Gasteiger charge is 2.05. The summed E-state index contributed by atoms with van der Waals surface area (Å²) in [5, 5.41) is 0. The van der Waals surface area contributed by atoms with E-state index in [1.54, 1.807) is 0 Å². The molecule has 1 aromatic heterocycles. The predicted molar refractivity (Wildman–Crippen MR) is 85.9 cm³/mol. The summed E-state index contributed by atoms with van der Waals surface area (Å²) in [5.74, 6) is 0. The van der Waals surface area contributed by atoms with Crippen LogP contribution in [0.2, 0.25) is 12.6 Å². The van der Waals surface area contributed by atoms with Crippen molar-refractivity contribution >= 4 is 8.96 Å². The van der Waals surface area contributed by atoms with E-state index in [0.717, 1.165) is 0 Å². The van der Waals surface area contributed by atoms with Crippen molar-refractivity contribution in [2.24, 2.45) is 0 Å². The topological polar surface area (TPSA) is 17.8 Å². The van der Waals surface area contributed by atoms with Crippen LogP contribution in [0.1, 0.15) is 71.1 Å². The average Bonchev–Trinajstić information content (AvgIpc) is 2.95. The molecule has 0 aliphatic carbocycles. The lowest BCUT2D eigenvalue weighted by molar-refractivity contribution is 0.561. The summed E-state index contributed by atoms with van der Waals surface area (Å²) in [6, 6.07) is 1.39. The maximum atomic E-state index is 4.13. The van der Waals surface area contributed by atoms with Crippen molar-refractivity contribution in [2.45, 2.75) is 83.7 Å². The molecule has 3 heteroatoms. The molecule has 0 N–H and O–H groups in total. The van der Waals surface area contributed by atoms with Crippen molar-refractivity contribution in [1.82, 2.24) is 9.22 Å². The van der Waals surface area contributed by atoms with Gasteiger partial charge in [-0.25, -0.2) is 4.98 Å². The third-order valence-corrected chi connectivity index (χ3v) is 6.06. The molecule has 0 aliphatic heterocycles. The largest absolute Gasteiger partial charge is 0.365 e. The molecule has 0 saturated carbocycles. The first-order chi connectivity index (χ1) is 9.34. The molecule has 2 nitrogen and oxygen atoms in total. The molecule has 0 bridgehead atoms. The van der Waals surface area contributed by atoms with Gasteiger partial charge in [0.15, 0.2) is 8.96 Å². The van der Waals surface area contributed by atoms with Crippen molar-refractivity contribution in [3.63, 3.8) is 0 Å². The molecule has 0 fully saturated rings. The minimum atomic E-state index is -0.377. The maximum Gasteiger partial charge on any atom is 0.173 e. The van der Waals surface area contributed by atoms with Crippen molar-refractivity contribution < 1.29 is 0 Å². The van der Waals surface area contributed by atoms with Gasteiger partial charge >= 0.3 is 0 Å². The number of rotatable bonds is 12. The highest BCUT2D eigenvalue weighted by atomic mass is 28.3. The molecule has 1 radical (unpaired) electrons. The lowest BCUT2D eigenvalue weighted by Crippen LogP contribution is -2.17. The zero-order chi connectivity index (χ0) is 13.8. The number of hydrogen-bond donors (Lipinski definition) is 0. The first-order valence-electron chi connectivity index (χ1n) is 8.15. The van der Waals surface area contributed by atoms with E-state index in [1.165, 1.54) is 70.3 Å². The summed E-state index contributed by atoms with van der Waals surface area (Å²) in [6.07, 6.45) is 20.3. The molecular weight excluding hydrogens is 248 g/mol. The Morgan fingerprint density at radius 2 is 1.47 bits per heavy atom. The summed E-state index contributed by atoms with van der Waals surface area (Å²) in [5.41, 5.74) is 0. The molecule has 109 valence electrons. The fourth-order valence-electron chi connectivity index (χ4n) is 2.48. The third-order valence-electron chi connectivity index (χ3n) is 3.84. The van der Waals surface area contributed by atoms with E-state index in [9.17, 15) is 0 Å². The van der Waals surface area contributed by atoms with Crippen LogP contribution in [0.4, 0.5) is 0 Å². The van der Waals surface area contributed by atoms with Crippen molar-refractivity contribution in [3.05, 3.63) is 18.7 Å². The van der Waals surface area contributed by atoms with E-state index < -0.39 is 0 Å². The smallest absolute Gasteiger partial charge is 0.173 e. The number of hydrogen-bond acceptors (Lipinski definition) is 1. The monoisotopic (exact) mass is 279 g/mol. The molecule has 0 spiro atoms. The van der Waals surface area contributed by atoms with Crippen molar-refractivity contribution in [1.29, 1.82) is 0 Å². The standard InChI is InChI=1S/C16H31N2Si/c1-3-4-5-6-7-8-9-10-11-12-15-19(2)18-14-13-17-16-18/h13-14,16H,3-12,15H2,1-2H3. The lowest BCUT2D eigenvalue weighted by Gasteiger charge is -2.09. The average molecular weight is 280 g/mol. The van der Waals surface area contributed by atoms with E-state index in [2.05, 4.69) is 28.9 Å².